The molecular weight excluding hydrogens is 530 g/mol. The molecule has 0 spiro atoms. The number of allylic oxidation sites excluding steroid dienone is 2. The maximum absolute atomic E-state index is 12.8. The zero-order chi connectivity index (χ0) is 30.0. The summed E-state index contributed by atoms with van der Waals surface area (Å²) in [5.41, 5.74) is 6.03. The highest BCUT2D eigenvalue weighted by Gasteiger charge is 2.33. The molecule has 2 aromatic heterocycles. The fourth-order valence-electron chi connectivity index (χ4n) is 4.94. The van der Waals surface area contributed by atoms with E-state index in [4.69, 9.17) is 9.15 Å². The number of pyridine rings is 1. The molecule has 4 aromatic rings. The van der Waals surface area contributed by atoms with Gasteiger partial charge < -0.3 is 14.5 Å². The average molecular weight is 564 g/mol. The Balaban J connectivity index is 1.21. The standard InChI is InChI=1S/C33H33N5O4/c1-19(2)12-21(5)25-10-11-29(35-16-25)38-18-26(41-33(38)40)17-36-31(39)23-6-8-24(9-7-23)32-37-28-14-22(15-34)13-27(20(3)4)30(28)42-32/h6-14,16,19-20,26H,17-18H2,1-5H3,(H,36,39)/b21-12-. The van der Waals surface area contributed by atoms with Crippen LogP contribution in [0.15, 0.2) is 65.2 Å². The zero-order valence-electron chi connectivity index (χ0n) is 24.3. The first kappa shape index (κ1) is 28.6. The first-order valence-corrected chi connectivity index (χ1v) is 14.0. The number of rotatable bonds is 8. The van der Waals surface area contributed by atoms with Gasteiger partial charge in [0.2, 0.25) is 5.89 Å². The summed E-state index contributed by atoms with van der Waals surface area (Å²) in [6, 6.07) is 16.4. The number of amides is 2. The van der Waals surface area contributed by atoms with Crippen LogP contribution in [0, 0.1) is 17.2 Å². The number of cyclic esters (lactones) is 1. The van der Waals surface area contributed by atoms with Crippen molar-refractivity contribution >= 4 is 34.5 Å². The third kappa shape index (κ3) is 6.03. The molecule has 9 nitrogen and oxygen atoms in total. The molecule has 1 saturated heterocycles. The molecular formula is C33H33N5O4. The zero-order valence-corrected chi connectivity index (χ0v) is 24.3. The molecule has 42 heavy (non-hydrogen) atoms. The van der Waals surface area contributed by atoms with Crippen molar-refractivity contribution in [2.24, 2.45) is 5.92 Å². The smallest absolute Gasteiger partial charge is 0.416 e. The number of nitrogens with zero attached hydrogens (tertiary/aromatic N) is 4. The summed E-state index contributed by atoms with van der Waals surface area (Å²) in [7, 11) is 0. The molecule has 214 valence electrons. The molecule has 1 fully saturated rings. The summed E-state index contributed by atoms with van der Waals surface area (Å²) in [6.07, 6.45) is 2.92. The van der Waals surface area contributed by atoms with Crippen LogP contribution in [0.1, 0.15) is 67.6 Å². The summed E-state index contributed by atoms with van der Waals surface area (Å²) in [4.78, 5) is 35.9. The Labute approximate surface area is 244 Å². The number of oxazole rings is 1. The number of nitrogens with one attached hydrogen (secondary N) is 1. The van der Waals surface area contributed by atoms with Gasteiger partial charge in [-0.15, -0.1) is 0 Å². The molecule has 3 heterocycles. The van der Waals surface area contributed by atoms with Gasteiger partial charge in [0.15, 0.2) is 5.58 Å². The van der Waals surface area contributed by atoms with Crippen molar-refractivity contribution in [2.45, 2.75) is 46.6 Å². The van der Waals surface area contributed by atoms with Crippen LogP contribution < -0.4 is 10.2 Å². The van der Waals surface area contributed by atoms with E-state index in [1.54, 1.807) is 42.6 Å². The fourth-order valence-corrected chi connectivity index (χ4v) is 4.94. The van der Waals surface area contributed by atoms with Crippen molar-refractivity contribution in [3.8, 4) is 17.5 Å². The second-order valence-electron chi connectivity index (χ2n) is 11.1. The van der Waals surface area contributed by atoms with Crippen LogP contribution in [0.3, 0.4) is 0 Å². The van der Waals surface area contributed by atoms with Gasteiger partial charge in [-0.05, 0) is 78.4 Å². The number of fused-ring (bicyclic) bond motifs is 1. The molecule has 0 aliphatic carbocycles. The summed E-state index contributed by atoms with van der Waals surface area (Å²) in [5.74, 6) is 1.23. The first-order chi connectivity index (χ1) is 20.1. The molecule has 2 aromatic carbocycles. The SMILES string of the molecule is C/C(=C/C(C)C)c1ccc(N2CC(CNC(=O)c3ccc(-c4nc5cc(C#N)cc(C(C)C)c5o4)cc3)OC2=O)nc1. The van der Waals surface area contributed by atoms with Gasteiger partial charge in [-0.3, -0.25) is 9.69 Å². The van der Waals surface area contributed by atoms with E-state index in [9.17, 15) is 14.9 Å². The Hall–Kier alpha value is -4.97. The largest absolute Gasteiger partial charge is 0.442 e. The number of benzene rings is 2. The van der Waals surface area contributed by atoms with E-state index in [1.807, 2.05) is 32.9 Å². The summed E-state index contributed by atoms with van der Waals surface area (Å²) in [6.45, 7) is 10.8. The topological polar surface area (TPSA) is 121 Å². The Morgan fingerprint density at radius 1 is 1.14 bits per heavy atom. The van der Waals surface area contributed by atoms with Crippen LogP contribution in [-0.2, 0) is 4.74 Å². The second kappa shape index (κ2) is 11.9. The average Bonchev–Trinajstić information content (AvgIpc) is 3.58. The van der Waals surface area contributed by atoms with E-state index in [0.717, 1.165) is 16.7 Å². The number of aromatic nitrogens is 2. The Bertz CT molecular complexity index is 1700. The van der Waals surface area contributed by atoms with Crippen molar-refractivity contribution in [3.05, 3.63) is 83.1 Å². The second-order valence-corrected chi connectivity index (χ2v) is 11.1. The summed E-state index contributed by atoms with van der Waals surface area (Å²) >= 11 is 0. The molecule has 0 radical (unpaired) electrons. The van der Waals surface area contributed by atoms with Crippen molar-refractivity contribution in [2.75, 3.05) is 18.0 Å². The molecule has 1 unspecified atom stereocenters. The maximum Gasteiger partial charge on any atom is 0.416 e. The summed E-state index contributed by atoms with van der Waals surface area (Å²) < 4.78 is 11.5. The minimum atomic E-state index is -0.502. The quantitative estimate of drug-likeness (QED) is 0.253. The summed E-state index contributed by atoms with van der Waals surface area (Å²) in [5, 5.41) is 12.2. The van der Waals surface area contributed by atoms with E-state index in [1.165, 1.54) is 4.90 Å². The van der Waals surface area contributed by atoms with Crippen LogP contribution in [0.5, 0.6) is 0 Å². The highest BCUT2D eigenvalue weighted by Crippen LogP contribution is 2.31. The third-order valence-electron chi connectivity index (χ3n) is 7.09. The van der Waals surface area contributed by atoms with Crippen molar-refractivity contribution in [1.82, 2.24) is 15.3 Å². The lowest BCUT2D eigenvalue weighted by Crippen LogP contribution is -2.34. The van der Waals surface area contributed by atoms with Crippen LogP contribution >= 0.6 is 0 Å². The molecule has 1 aliphatic rings. The highest BCUT2D eigenvalue weighted by molar-refractivity contribution is 5.95. The van der Waals surface area contributed by atoms with Gasteiger partial charge in [0.1, 0.15) is 17.4 Å². The molecule has 2 amide bonds. The first-order valence-electron chi connectivity index (χ1n) is 14.0. The van der Waals surface area contributed by atoms with Gasteiger partial charge in [0.25, 0.3) is 5.91 Å². The minimum absolute atomic E-state index is 0.164. The molecule has 0 bridgehead atoms. The Morgan fingerprint density at radius 2 is 1.88 bits per heavy atom. The van der Waals surface area contributed by atoms with E-state index in [0.29, 0.717) is 45.4 Å². The molecule has 1 atom stereocenters. The lowest BCUT2D eigenvalue weighted by Gasteiger charge is -2.13. The number of carbonyl (C=O) groups excluding carboxylic acids is 2. The molecule has 1 aliphatic heterocycles. The maximum atomic E-state index is 12.8. The van der Waals surface area contributed by atoms with E-state index < -0.39 is 12.2 Å². The van der Waals surface area contributed by atoms with Gasteiger partial charge in [-0.2, -0.15) is 5.26 Å². The lowest BCUT2D eigenvalue weighted by atomic mass is 10.00. The van der Waals surface area contributed by atoms with Gasteiger partial charge in [-0.25, -0.2) is 14.8 Å². The minimum Gasteiger partial charge on any atom is -0.442 e. The van der Waals surface area contributed by atoms with Crippen LogP contribution in [0.4, 0.5) is 10.6 Å². The highest BCUT2D eigenvalue weighted by atomic mass is 16.6. The Kier molecular flexibility index (Phi) is 8.07. The van der Waals surface area contributed by atoms with Crippen LogP contribution in [0.2, 0.25) is 0 Å². The van der Waals surface area contributed by atoms with Gasteiger partial charge in [0.05, 0.1) is 24.7 Å². The number of nitriles is 1. The van der Waals surface area contributed by atoms with Crippen molar-refractivity contribution < 1.29 is 18.7 Å². The lowest BCUT2D eigenvalue weighted by molar-refractivity contribution is 0.0916. The number of ether oxygens (including phenoxy) is 1. The number of carbonyl (C=O) groups is 2. The number of hydrogen-bond donors (Lipinski definition) is 1. The van der Waals surface area contributed by atoms with Crippen LogP contribution in [0.25, 0.3) is 28.1 Å². The number of hydrogen-bond acceptors (Lipinski definition) is 7. The van der Waals surface area contributed by atoms with Crippen molar-refractivity contribution in [3.63, 3.8) is 0 Å². The normalized spacial score (nSPS) is 15.4. The molecule has 9 heteroatoms. The van der Waals surface area contributed by atoms with Gasteiger partial charge in [-0.1, -0.05) is 33.8 Å². The van der Waals surface area contributed by atoms with Crippen molar-refractivity contribution in [1.29, 1.82) is 5.26 Å². The predicted molar refractivity (Wildman–Crippen MR) is 161 cm³/mol. The molecule has 5 rings (SSSR count). The van der Waals surface area contributed by atoms with E-state index in [-0.39, 0.29) is 24.9 Å². The molecule has 1 N–H and O–H groups in total. The molecule has 0 saturated carbocycles. The predicted octanol–water partition coefficient (Wildman–Crippen LogP) is 6.70. The van der Waals surface area contributed by atoms with Gasteiger partial charge in [0, 0.05) is 22.9 Å². The fraction of sp³-hybridized carbons (Fsp3) is 0.303. The monoisotopic (exact) mass is 563 g/mol. The van der Waals surface area contributed by atoms with Crippen LogP contribution in [-0.4, -0.2) is 41.2 Å². The third-order valence-corrected chi connectivity index (χ3v) is 7.09. The van der Waals surface area contributed by atoms with Gasteiger partial charge >= 0.3 is 6.09 Å². The van der Waals surface area contributed by atoms with E-state index in [2.05, 4.69) is 41.3 Å². The van der Waals surface area contributed by atoms with E-state index >= 15 is 0 Å². The number of anilines is 1. The Morgan fingerprint density at radius 3 is 2.52 bits per heavy atom.